The number of halogens is 2. The predicted octanol–water partition coefficient (Wildman–Crippen LogP) is 3.95. The van der Waals surface area contributed by atoms with Crippen LogP contribution in [-0.4, -0.2) is 5.91 Å². The molecule has 89 valence electrons. The van der Waals surface area contributed by atoms with Crippen LogP contribution < -0.4 is 5.32 Å². The van der Waals surface area contributed by atoms with Crippen LogP contribution in [0.25, 0.3) is 5.57 Å². The van der Waals surface area contributed by atoms with Gasteiger partial charge in [0.2, 0.25) is 0 Å². The highest BCUT2D eigenvalue weighted by Gasteiger charge is 2.28. The third-order valence-corrected chi connectivity index (χ3v) is 3.91. The van der Waals surface area contributed by atoms with E-state index in [0.29, 0.717) is 5.57 Å². The highest BCUT2D eigenvalue weighted by atomic mass is 79.9. The Bertz CT molecular complexity index is 545. The van der Waals surface area contributed by atoms with Gasteiger partial charge in [-0.3, -0.25) is 4.79 Å². The van der Waals surface area contributed by atoms with E-state index in [9.17, 15) is 4.79 Å². The minimum atomic E-state index is -0.0648. The SMILES string of the molecule is O=C1Nc2c(Br)cc(Br)cc2/C1=C\[C]1[CH][CH][CH][CH]1. The predicted molar refractivity (Wildman–Crippen MR) is 78.9 cm³/mol. The van der Waals surface area contributed by atoms with Crippen molar-refractivity contribution in [2.45, 2.75) is 0 Å². The molecule has 3 rings (SSSR count). The van der Waals surface area contributed by atoms with E-state index in [1.54, 1.807) is 0 Å². The maximum Gasteiger partial charge on any atom is 0.256 e. The van der Waals surface area contributed by atoms with Gasteiger partial charge in [0.15, 0.2) is 0 Å². The number of carbonyl (C=O) groups excluding carboxylic acids is 1. The molecule has 0 spiro atoms. The van der Waals surface area contributed by atoms with E-state index in [4.69, 9.17) is 0 Å². The molecule has 0 aromatic heterocycles. The van der Waals surface area contributed by atoms with E-state index in [2.05, 4.69) is 37.2 Å². The number of nitrogens with one attached hydrogen (secondary N) is 1. The Morgan fingerprint density at radius 2 is 1.83 bits per heavy atom. The molecule has 1 fully saturated rings. The Balaban J connectivity index is 2.05. The molecule has 2 nitrogen and oxygen atoms in total. The first kappa shape index (κ1) is 12.4. The fourth-order valence-electron chi connectivity index (χ4n) is 2.01. The van der Waals surface area contributed by atoms with Crippen molar-refractivity contribution in [1.82, 2.24) is 0 Å². The molecular weight excluding hydrogens is 358 g/mol. The zero-order valence-corrected chi connectivity index (χ0v) is 12.4. The number of benzene rings is 1. The van der Waals surface area contributed by atoms with Crippen LogP contribution in [0.2, 0.25) is 0 Å². The number of hydrogen-bond acceptors (Lipinski definition) is 1. The lowest BCUT2D eigenvalue weighted by Crippen LogP contribution is -2.05. The summed E-state index contributed by atoms with van der Waals surface area (Å²) in [5, 5.41) is 2.88. The van der Waals surface area contributed by atoms with E-state index < -0.39 is 0 Å². The number of rotatable bonds is 1. The normalized spacial score (nSPS) is 21.4. The maximum atomic E-state index is 12.0. The van der Waals surface area contributed by atoms with Gasteiger partial charge in [-0.2, -0.15) is 0 Å². The monoisotopic (exact) mass is 364 g/mol. The van der Waals surface area contributed by atoms with Crippen molar-refractivity contribution in [2.75, 3.05) is 5.32 Å². The molecule has 5 radical (unpaired) electrons. The summed E-state index contributed by atoms with van der Waals surface area (Å²) < 4.78 is 1.82. The van der Waals surface area contributed by atoms with Crippen LogP contribution in [0.15, 0.2) is 27.2 Å². The van der Waals surface area contributed by atoms with Crippen molar-refractivity contribution in [2.24, 2.45) is 0 Å². The Morgan fingerprint density at radius 3 is 2.56 bits per heavy atom. The van der Waals surface area contributed by atoms with Crippen molar-refractivity contribution < 1.29 is 4.79 Å². The third kappa shape index (κ3) is 2.16. The van der Waals surface area contributed by atoms with Gasteiger partial charge in [-0.25, -0.2) is 0 Å². The lowest BCUT2D eigenvalue weighted by molar-refractivity contribution is -0.110. The van der Waals surface area contributed by atoms with Crippen LogP contribution in [0.1, 0.15) is 5.56 Å². The maximum absolute atomic E-state index is 12.0. The number of hydrogen-bond donors (Lipinski definition) is 1. The molecule has 0 atom stereocenters. The largest absolute Gasteiger partial charge is 0.320 e. The molecule has 0 saturated heterocycles. The Kier molecular flexibility index (Phi) is 3.32. The minimum Gasteiger partial charge on any atom is -0.320 e. The smallest absolute Gasteiger partial charge is 0.256 e. The van der Waals surface area contributed by atoms with Crippen LogP contribution in [0.3, 0.4) is 0 Å². The average Bonchev–Trinajstić information content (AvgIpc) is 2.91. The zero-order chi connectivity index (χ0) is 12.7. The summed E-state index contributed by atoms with van der Waals surface area (Å²) in [5.74, 6) is 0.967. The molecular formula is C14H8Br2NO. The fourth-order valence-corrected chi connectivity index (χ4v) is 3.34. The quantitative estimate of drug-likeness (QED) is 0.750. The summed E-state index contributed by atoms with van der Waals surface area (Å²) in [6, 6.07) is 3.87. The van der Waals surface area contributed by atoms with Gasteiger partial charge in [0.25, 0.3) is 5.91 Å². The van der Waals surface area contributed by atoms with Gasteiger partial charge in [0, 0.05) is 26.0 Å². The van der Waals surface area contributed by atoms with E-state index in [0.717, 1.165) is 26.1 Å². The van der Waals surface area contributed by atoms with Crippen molar-refractivity contribution >= 4 is 49.0 Å². The molecule has 0 unspecified atom stereocenters. The third-order valence-electron chi connectivity index (χ3n) is 2.83. The second kappa shape index (κ2) is 4.82. The second-order valence-corrected chi connectivity index (χ2v) is 5.81. The van der Waals surface area contributed by atoms with Crippen LogP contribution in [0.5, 0.6) is 0 Å². The molecule has 1 aliphatic carbocycles. The van der Waals surface area contributed by atoms with Crippen LogP contribution in [0.4, 0.5) is 5.69 Å². The van der Waals surface area contributed by atoms with E-state index in [1.807, 2.05) is 43.9 Å². The standard InChI is InChI=1S/C14H8Br2NO/c15-9-6-10-11(5-8-3-1-2-4-8)14(18)17-13(10)12(16)7-9/h1-7H,(H,17,18)/b11-5+. The van der Waals surface area contributed by atoms with Gasteiger partial charge in [-0.1, -0.05) is 22.0 Å². The summed E-state index contributed by atoms with van der Waals surface area (Å²) in [4.78, 5) is 12.0. The highest BCUT2D eigenvalue weighted by Crippen LogP contribution is 2.41. The number of anilines is 1. The van der Waals surface area contributed by atoms with Gasteiger partial charge in [-0.15, -0.1) is 0 Å². The van der Waals surface area contributed by atoms with Gasteiger partial charge in [0.05, 0.1) is 5.69 Å². The summed E-state index contributed by atoms with van der Waals surface area (Å²) in [6.07, 6.45) is 9.77. The molecule has 1 aromatic carbocycles. The Morgan fingerprint density at radius 1 is 1.11 bits per heavy atom. The molecule has 1 heterocycles. The van der Waals surface area contributed by atoms with Crippen LogP contribution in [0, 0.1) is 31.6 Å². The topological polar surface area (TPSA) is 29.1 Å². The lowest BCUT2D eigenvalue weighted by atomic mass is 10.00. The van der Waals surface area contributed by atoms with Gasteiger partial charge in [-0.05, 0) is 53.7 Å². The summed E-state index contributed by atoms with van der Waals surface area (Å²) in [6.45, 7) is 0. The molecule has 1 amide bonds. The molecule has 0 bridgehead atoms. The van der Waals surface area contributed by atoms with Crippen molar-refractivity contribution in [3.8, 4) is 0 Å². The first-order valence-corrected chi connectivity index (χ1v) is 6.98. The summed E-state index contributed by atoms with van der Waals surface area (Å²) in [7, 11) is 0. The zero-order valence-electron chi connectivity index (χ0n) is 9.21. The number of carbonyl (C=O) groups is 1. The molecule has 18 heavy (non-hydrogen) atoms. The van der Waals surface area contributed by atoms with Gasteiger partial charge >= 0.3 is 0 Å². The number of allylic oxidation sites excluding steroid dienone is 1. The molecule has 1 aliphatic heterocycles. The van der Waals surface area contributed by atoms with E-state index >= 15 is 0 Å². The highest BCUT2D eigenvalue weighted by molar-refractivity contribution is 9.11. The van der Waals surface area contributed by atoms with E-state index in [1.165, 1.54) is 0 Å². The summed E-state index contributed by atoms with van der Waals surface area (Å²) in [5.41, 5.74) is 2.45. The average molecular weight is 366 g/mol. The first-order valence-electron chi connectivity index (χ1n) is 5.39. The van der Waals surface area contributed by atoms with Gasteiger partial charge < -0.3 is 5.32 Å². The molecule has 4 heteroatoms. The molecule has 2 aliphatic rings. The number of amides is 1. The Hall–Kier alpha value is -0.610. The van der Waals surface area contributed by atoms with E-state index in [-0.39, 0.29) is 5.91 Å². The molecule has 1 aromatic rings. The first-order chi connectivity index (χ1) is 8.65. The van der Waals surface area contributed by atoms with Crippen molar-refractivity contribution in [3.63, 3.8) is 0 Å². The Labute approximate surface area is 123 Å². The van der Waals surface area contributed by atoms with Crippen LogP contribution >= 0.6 is 31.9 Å². The fraction of sp³-hybridized carbons (Fsp3) is 0. The lowest BCUT2D eigenvalue weighted by Gasteiger charge is -2.04. The van der Waals surface area contributed by atoms with Crippen molar-refractivity contribution in [1.29, 1.82) is 0 Å². The summed E-state index contributed by atoms with van der Waals surface area (Å²) >= 11 is 6.90. The second-order valence-electron chi connectivity index (χ2n) is 4.04. The van der Waals surface area contributed by atoms with Crippen LogP contribution in [-0.2, 0) is 4.79 Å². The van der Waals surface area contributed by atoms with Gasteiger partial charge in [0.1, 0.15) is 0 Å². The number of fused-ring (bicyclic) bond motifs is 1. The molecule has 1 saturated carbocycles. The van der Waals surface area contributed by atoms with Crippen molar-refractivity contribution in [3.05, 3.63) is 64.3 Å². The minimum absolute atomic E-state index is 0.0648. The molecule has 1 N–H and O–H groups in total.